The zero-order chi connectivity index (χ0) is 12.0. The third kappa shape index (κ3) is 4.49. The second kappa shape index (κ2) is 6.85. The molecule has 3 nitrogen and oxygen atoms in total. The highest BCUT2D eigenvalue weighted by Crippen LogP contribution is 2.17. The van der Waals surface area contributed by atoms with Gasteiger partial charge in [-0.15, -0.1) is 0 Å². The molecule has 0 atom stereocenters. The first-order chi connectivity index (χ1) is 7.63. The lowest BCUT2D eigenvalue weighted by atomic mass is 10.2. The van der Waals surface area contributed by atoms with E-state index in [9.17, 15) is 4.79 Å². The van der Waals surface area contributed by atoms with E-state index < -0.39 is 0 Å². The topological polar surface area (TPSA) is 41.1 Å². The molecule has 0 aromatic heterocycles. The number of aryl methyl sites for hydroxylation is 1. The van der Waals surface area contributed by atoms with Crippen molar-refractivity contribution in [3.8, 4) is 0 Å². The van der Waals surface area contributed by atoms with Gasteiger partial charge in [-0.05, 0) is 73.3 Å². The predicted octanol–water partition coefficient (Wildman–Crippen LogP) is 2.54. The Morgan fingerprint density at radius 3 is 2.81 bits per heavy atom. The third-order valence-electron chi connectivity index (χ3n) is 2.29. The summed E-state index contributed by atoms with van der Waals surface area (Å²) in [5.41, 5.74) is 2.02. The van der Waals surface area contributed by atoms with Gasteiger partial charge >= 0.3 is 0 Å². The monoisotopic (exact) mass is 332 g/mol. The molecular formula is C12H17IN2O. The van der Waals surface area contributed by atoms with Gasteiger partial charge in [-0.1, -0.05) is 0 Å². The molecule has 0 radical (unpaired) electrons. The van der Waals surface area contributed by atoms with Gasteiger partial charge < -0.3 is 10.6 Å². The summed E-state index contributed by atoms with van der Waals surface area (Å²) in [5, 5.41) is 5.95. The van der Waals surface area contributed by atoms with Crippen LogP contribution in [0.4, 0.5) is 5.69 Å². The summed E-state index contributed by atoms with van der Waals surface area (Å²) in [7, 11) is 1.89. The Kier molecular flexibility index (Phi) is 5.76. The number of nitrogens with one attached hydrogen (secondary N) is 2. The molecule has 4 heteroatoms. The van der Waals surface area contributed by atoms with E-state index in [0.29, 0.717) is 6.42 Å². The first kappa shape index (κ1) is 13.4. The summed E-state index contributed by atoms with van der Waals surface area (Å²) >= 11 is 2.26. The van der Waals surface area contributed by atoms with Crippen molar-refractivity contribution in [1.29, 1.82) is 0 Å². The van der Waals surface area contributed by atoms with E-state index in [-0.39, 0.29) is 5.91 Å². The molecule has 0 bridgehead atoms. The Labute approximate surface area is 110 Å². The van der Waals surface area contributed by atoms with Crippen LogP contribution in [0.2, 0.25) is 0 Å². The molecule has 0 heterocycles. The normalized spacial score (nSPS) is 10.2. The van der Waals surface area contributed by atoms with Crippen molar-refractivity contribution in [2.75, 3.05) is 18.9 Å². The molecule has 1 aromatic rings. The maximum absolute atomic E-state index is 11.6. The summed E-state index contributed by atoms with van der Waals surface area (Å²) in [6.07, 6.45) is 1.43. The van der Waals surface area contributed by atoms with Crippen LogP contribution >= 0.6 is 22.6 Å². The number of carbonyl (C=O) groups excluding carboxylic acids is 1. The Morgan fingerprint density at radius 2 is 2.19 bits per heavy atom. The maximum Gasteiger partial charge on any atom is 0.224 e. The zero-order valence-electron chi connectivity index (χ0n) is 9.64. The van der Waals surface area contributed by atoms with Crippen molar-refractivity contribution < 1.29 is 4.79 Å². The van der Waals surface area contributed by atoms with Crippen LogP contribution in [0.3, 0.4) is 0 Å². The van der Waals surface area contributed by atoms with E-state index in [1.54, 1.807) is 0 Å². The fourth-order valence-electron chi connectivity index (χ4n) is 1.41. The van der Waals surface area contributed by atoms with Crippen LogP contribution in [-0.2, 0) is 4.79 Å². The van der Waals surface area contributed by atoms with E-state index in [1.807, 2.05) is 26.1 Å². The highest BCUT2D eigenvalue weighted by molar-refractivity contribution is 14.1. The van der Waals surface area contributed by atoms with Crippen LogP contribution in [0.5, 0.6) is 0 Å². The summed E-state index contributed by atoms with van der Waals surface area (Å²) in [4.78, 5) is 11.6. The van der Waals surface area contributed by atoms with Crippen molar-refractivity contribution >= 4 is 34.2 Å². The number of anilines is 1. The standard InChI is InChI=1S/C12H17IN2O/c1-9-8-10(13)5-6-11(9)15-12(16)4-3-7-14-2/h5-6,8,14H,3-4,7H2,1-2H3,(H,15,16). The molecule has 1 amide bonds. The van der Waals surface area contributed by atoms with Gasteiger partial charge in [0.2, 0.25) is 5.91 Å². The average Bonchev–Trinajstić information content (AvgIpc) is 2.23. The van der Waals surface area contributed by atoms with Crippen LogP contribution in [-0.4, -0.2) is 19.5 Å². The minimum absolute atomic E-state index is 0.0829. The largest absolute Gasteiger partial charge is 0.326 e. The van der Waals surface area contributed by atoms with Crippen molar-refractivity contribution in [2.24, 2.45) is 0 Å². The fraction of sp³-hybridized carbons (Fsp3) is 0.417. The number of amides is 1. The first-order valence-corrected chi connectivity index (χ1v) is 6.42. The molecule has 0 unspecified atom stereocenters. The molecule has 0 aliphatic rings. The molecule has 0 spiro atoms. The summed E-state index contributed by atoms with van der Waals surface area (Å²) in [6.45, 7) is 2.88. The number of rotatable bonds is 5. The third-order valence-corrected chi connectivity index (χ3v) is 2.96. The lowest BCUT2D eigenvalue weighted by Crippen LogP contribution is -2.15. The van der Waals surface area contributed by atoms with E-state index in [2.05, 4.69) is 39.3 Å². The Balaban J connectivity index is 2.49. The molecular weight excluding hydrogens is 315 g/mol. The molecule has 1 aromatic carbocycles. The van der Waals surface area contributed by atoms with Gasteiger partial charge in [0.05, 0.1) is 0 Å². The van der Waals surface area contributed by atoms with Gasteiger partial charge in [-0.3, -0.25) is 4.79 Å². The highest BCUT2D eigenvalue weighted by Gasteiger charge is 2.04. The van der Waals surface area contributed by atoms with Crippen molar-refractivity contribution in [1.82, 2.24) is 5.32 Å². The van der Waals surface area contributed by atoms with Crippen molar-refractivity contribution in [3.63, 3.8) is 0 Å². The Hall–Kier alpha value is -0.620. The molecule has 88 valence electrons. The second-order valence-electron chi connectivity index (χ2n) is 3.71. The molecule has 0 aliphatic heterocycles. The van der Waals surface area contributed by atoms with E-state index in [4.69, 9.17) is 0 Å². The molecule has 2 N–H and O–H groups in total. The van der Waals surface area contributed by atoms with Crippen molar-refractivity contribution in [2.45, 2.75) is 19.8 Å². The molecule has 16 heavy (non-hydrogen) atoms. The molecule has 0 fully saturated rings. The molecule has 0 saturated carbocycles. The van der Waals surface area contributed by atoms with Gasteiger partial charge in [-0.25, -0.2) is 0 Å². The highest BCUT2D eigenvalue weighted by atomic mass is 127. The number of benzene rings is 1. The maximum atomic E-state index is 11.6. The van der Waals surface area contributed by atoms with Gasteiger partial charge in [0.15, 0.2) is 0 Å². The van der Waals surface area contributed by atoms with Crippen LogP contribution in [0, 0.1) is 10.5 Å². The van der Waals surface area contributed by atoms with Crippen LogP contribution < -0.4 is 10.6 Å². The van der Waals surface area contributed by atoms with E-state index in [0.717, 1.165) is 24.2 Å². The summed E-state index contributed by atoms with van der Waals surface area (Å²) < 4.78 is 1.18. The number of carbonyl (C=O) groups is 1. The fourth-order valence-corrected chi connectivity index (χ4v) is 2.05. The molecule has 0 aliphatic carbocycles. The molecule has 0 saturated heterocycles. The zero-order valence-corrected chi connectivity index (χ0v) is 11.8. The Bertz CT molecular complexity index is 366. The number of hydrogen-bond acceptors (Lipinski definition) is 2. The smallest absolute Gasteiger partial charge is 0.224 e. The van der Waals surface area contributed by atoms with Crippen LogP contribution in [0.1, 0.15) is 18.4 Å². The number of hydrogen-bond donors (Lipinski definition) is 2. The lowest BCUT2D eigenvalue weighted by Gasteiger charge is -2.08. The predicted molar refractivity (Wildman–Crippen MR) is 75.7 cm³/mol. The first-order valence-electron chi connectivity index (χ1n) is 5.34. The van der Waals surface area contributed by atoms with Crippen LogP contribution in [0.15, 0.2) is 18.2 Å². The van der Waals surface area contributed by atoms with E-state index >= 15 is 0 Å². The average molecular weight is 332 g/mol. The van der Waals surface area contributed by atoms with Crippen molar-refractivity contribution in [3.05, 3.63) is 27.3 Å². The van der Waals surface area contributed by atoms with Gasteiger partial charge in [0.25, 0.3) is 0 Å². The van der Waals surface area contributed by atoms with Gasteiger partial charge in [0.1, 0.15) is 0 Å². The van der Waals surface area contributed by atoms with Gasteiger partial charge in [-0.2, -0.15) is 0 Å². The second-order valence-corrected chi connectivity index (χ2v) is 4.96. The quantitative estimate of drug-likeness (QED) is 0.643. The minimum Gasteiger partial charge on any atom is -0.326 e. The van der Waals surface area contributed by atoms with Gasteiger partial charge in [0, 0.05) is 15.7 Å². The van der Waals surface area contributed by atoms with E-state index in [1.165, 1.54) is 3.57 Å². The summed E-state index contributed by atoms with van der Waals surface area (Å²) in [6, 6.07) is 6.01. The van der Waals surface area contributed by atoms with Crippen LogP contribution in [0.25, 0.3) is 0 Å². The Morgan fingerprint density at radius 1 is 1.44 bits per heavy atom. The number of halogens is 1. The summed E-state index contributed by atoms with van der Waals surface area (Å²) in [5.74, 6) is 0.0829. The lowest BCUT2D eigenvalue weighted by molar-refractivity contribution is -0.116. The minimum atomic E-state index is 0.0829. The SMILES string of the molecule is CNCCCC(=O)Nc1ccc(I)cc1C. The molecule has 1 rings (SSSR count).